The zero-order valence-electron chi connectivity index (χ0n) is 19.4. The van der Waals surface area contributed by atoms with Gasteiger partial charge in [-0.2, -0.15) is 0 Å². The molecule has 166 valence electrons. The van der Waals surface area contributed by atoms with Crippen molar-refractivity contribution in [2.45, 2.75) is 87.2 Å². The van der Waals surface area contributed by atoms with Crippen LogP contribution in [0.2, 0.25) is 13.3 Å². The predicted molar refractivity (Wildman–Crippen MR) is 132 cm³/mol. The second kappa shape index (κ2) is 11.7. The molecule has 0 aromatic heterocycles. The van der Waals surface area contributed by atoms with E-state index < -0.39 is 31.0 Å². The summed E-state index contributed by atoms with van der Waals surface area (Å²) in [6.07, 6.45) is 6.84. The second-order valence-electron chi connectivity index (χ2n) is 8.81. The zero-order chi connectivity index (χ0) is 22.1. The van der Waals surface area contributed by atoms with E-state index in [1.54, 1.807) is 12.1 Å². The van der Waals surface area contributed by atoms with Crippen LogP contribution < -0.4 is 0 Å². The summed E-state index contributed by atoms with van der Waals surface area (Å²) in [6, 6.07) is 19.4. The van der Waals surface area contributed by atoms with Gasteiger partial charge in [-0.3, -0.25) is 0 Å². The van der Waals surface area contributed by atoms with Gasteiger partial charge >= 0.3 is 190 Å². The fourth-order valence-electron chi connectivity index (χ4n) is 4.97. The van der Waals surface area contributed by atoms with Gasteiger partial charge in [-0.15, -0.1) is 0 Å². The fourth-order valence-corrected chi connectivity index (χ4v) is 32.2. The third-order valence-electron chi connectivity index (χ3n) is 6.95. The van der Waals surface area contributed by atoms with Crippen molar-refractivity contribution in [1.82, 2.24) is 0 Å². The number of benzene rings is 2. The maximum atomic E-state index is 14.4. The average molecular weight is 535 g/mol. The number of sulfone groups is 1. The molecule has 2 rings (SSSR count). The molecule has 2 aromatic rings. The van der Waals surface area contributed by atoms with Crippen molar-refractivity contribution < 1.29 is 8.42 Å². The Morgan fingerprint density at radius 3 is 1.50 bits per heavy atom. The average Bonchev–Trinajstić information content (AvgIpc) is 2.79. The molecule has 0 fully saturated rings. The first-order chi connectivity index (χ1) is 14.4. The standard InChI is InChI=1S/C14H13O2S.3C4H9.Sn/c1-12(13-8-4-2-5-9-13)17(15,16)14-10-6-3-7-11-14;3*1-3-4-2;/h2-11H,1H3;3*1,3-4H2,2H3;. The Labute approximate surface area is 189 Å². The summed E-state index contributed by atoms with van der Waals surface area (Å²) in [6.45, 7) is 8.83. The molecule has 0 amide bonds. The minimum atomic E-state index is -3.51. The molecule has 1 unspecified atom stereocenters. The number of rotatable bonds is 13. The Morgan fingerprint density at radius 1 is 0.700 bits per heavy atom. The van der Waals surface area contributed by atoms with Crippen molar-refractivity contribution >= 4 is 28.2 Å². The molecule has 0 aliphatic rings. The molecule has 0 saturated heterocycles. The first-order valence-corrected chi connectivity index (χ1v) is 20.7. The Bertz CT molecular complexity index is 827. The molecule has 0 N–H and O–H groups in total. The Hall–Kier alpha value is -0.811. The first-order valence-electron chi connectivity index (χ1n) is 11.7. The van der Waals surface area contributed by atoms with Gasteiger partial charge in [0.05, 0.1) is 0 Å². The van der Waals surface area contributed by atoms with E-state index in [0.29, 0.717) is 4.90 Å². The molecule has 0 saturated carbocycles. The SMILES string of the molecule is CCC[CH2][Sn]([CH2]CCC)([CH2]CCC)[C](C)(c1ccccc1)S(=O)(=O)c1ccccc1. The van der Waals surface area contributed by atoms with Crippen molar-refractivity contribution in [3.05, 3.63) is 66.2 Å². The van der Waals surface area contributed by atoms with Gasteiger partial charge in [0.1, 0.15) is 0 Å². The van der Waals surface area contributed by atoms with E-state index in [-0.39, 0.29) is 0 Å². The number of unbranched alkanes of at least 4 members (excludes halogenated alkanes) is 3. The third kappa shape index (κ3) is 5.15. The van der Waals surface area contributed by atoms with E-state index in [9.17, 15) is 8.42 Å². The topological polar surface area (TPSA) is 34.1 Å². The van der Waals surface area contributed by atoms with Gasteiger partial charge in [-0.25, -0.2) is 0 Å². The molecule has 4 heteroatoms. The monoisotopic (exact) mass is 536 g/mol. The van der Waals surface area contributed by atoms with Crippen LogP contribution in [0.4, 0.5) is 0 Å². The summed E-state index contributed by atoms with van der Waals surface area (Å²) < 4.78 is 31.6. The predicted octanol–water partition coefficient (Wildman–Crippen LogP) is 7.76. The maximum absolute atomic E-state index is 14.4. The molecular formula is C26H40O2SSn. The van der Waals surface area contributed by atoms with E-state index in [2.05, 4.69) is 39.8 Å². The number of hydrogen-bond acceptors (Lipinski definition) is 2. The van der Waals surface area contributed by atoms with E-state index in [1.807, 2.05) is 36.4 Å². The van der Waals surface area contributed by atoms with Crippen LogP contribution in [0.1, 0.15) is 71.8 Å². The molecule has 0 radical (unpaired) electrons. The van der Waals surface area contributed by atoms with Gasteiger partial charge in [0.25, 0.3) is 0 Å². The summed E-state index contributed by atoms with van der Waals surface area (Å²) in [5.41, 5.74) is 1.02. The molecule has 0 bridgehead atoms. The van der Waals surface area contributed by atoms with E-state index in [0.717, 1.165) is 57.4 Å². The van der Waals surface area contributed by atoms with Crippen molar-refractivity contribution in [1.29, 1.82) is 0 Å². The van der Waals surface area contributed by atoms with Gasteiger partial charge in [0.2, 0.25) is 0 Å². The Kier molecular flexibility index (Phi) is 9.93. The van der Waals surface area contributed by atoms with Gasteiger partial charge in [0.15, 0.2) is 0 Å². The molecular weight excluding hydrogens is 495 g/mol. The van der Waals surface area contributed by atoms with Gasteiger partial charge in [0, 0.05) is 0 Å². The van der Waals surface area contributed by atoms with Crippen molar-refractivity contribution in [2.24, 2.45) is 0 Å². The van der Waals surface area contributed by atoms with Crippen molar-refractivity contribution in [3.63, 3.8) is 0 Å². The summed E-state index contributed by atoms with van der Waals surface area (Å²) in [4.78, 5) is 0.488. The van der Waals surface area contributed by atoms with Gasteiger partial charge in [-0.1, -0.05) is 0 Å². The summed E-state index contributed by atoms with van der Waals surface area (Å²) in [5, 5.41) is 0. The molecule has 1 atom stereocenters. The van der Waals surface area contributed by atoms with Gasteiger partial charge in [-0.05, 0) is 0 Å². The van der Waals surface area contributed by atoms with Crippen molar-refractivity contribution in [2.75, 3.05) is 0 Å². The normalized spacial score (nSPS) is 14.4. The zero-order valence-corrected chi connectivity index (χ0v) is 23.0. The summed E-state index contributed by atoms with van der Waals surface area (Å²) in [5.74, 6) is 0. The van der Waals surface area contributed by atoms with E-state index in [4.69, 9.17) is 0 Å². The summed E-state index contributed by atoms with van der Waals surface area (Å²) >= 11 is -3.27. The summed E-state index contributed by atoms with van der Waals surface area (Å²) in [7, 11) is -3.51. The van der Waals surface area contributed by atoms with Crippen LogP contribution in [0, 0.1) is 0 Å². The molecule has 2 nitrogen and oxygen atoms in total. The van der Waals surface area contributed by atoms with E-state index in [1.165, 1.54) is 0 Å². The van der Waals surface area contributed by atoms with Crippen LogP contribution >= 0.6 is 0 Å². The second-order valence-corrected chi connectivity index (χ2v) is 26.6. The van der Waals surface area contributed by atoms with Crippen LogP contribution in [-0.4, -0.2) is 26.8 Å². The van der Waals surface area contributed by atoms with Crippen LogP contribution in [0.3, 0.4) is 0 Å². The molecule has 0 spiro atoms. The van der Waals surface area contributed by atoms with Crippen molar-refractivity contribution in [3.8, 4) is 0 Å². The van der Waals surface area contributed by atoms with Crippen LogP contribution in [-0.2, 0) is 12.6 Å². The Morgan fingerprint density at radius 2 is 1.10 bits per heavy atom. The molecule has 0 aliphatic heterocycles. The van der Waals surface area contributed by atoms with Crippen LogP contribution in [0.5, 0.6) is 0 Å². The molecule has 30 heavy (non-hydrogen) atoms. The molecule has 0 aliphatic carbocycles. The molecule has 0 heterocycles. The van der Waals surface area contributed by atoms with E-state index >= 15 is 0 Å². The third-order valence-corrected chi connectivity index (χ3v) is 32.2. The van der Waals surface area contributed by atoms with Gasteiger partial charge < -0.3 is 0 Å². The van der Waals surface area contributed by atoms with Crippen LogP contribution in [0.15, 0.2) is 65.6 Å². The Balaban J connectivity index is 2.81. The quantitative estimate of drug-likeness (QED) is 0.246. The molecule has 2 aromatic carbocycles. The van der Waals surface area contributed by atoms with Crippen LogP contribution in [0.25, 0.3) is 0 Å². The number of hydrogen-bond donors (Lipinski definition) is 0. The fraction of sp³-hybridized carbons (Fsp3) is 0.538. The minimum absolute atomic E-state index is 0.488. The first kappa shape index (κ1) is 25.4.